The van der Waals surface area contributed by atoms with Gasteiger partial charge in [-0.1, -0.05) is 0 Å². The van der Waals surface area contributed by atoms with E-state index in [1.165, 1.54) is 0 Å². The van der Waals surface area contributed by atoms with Crippen molar-refractivity contribution in [1.29, 1.82) is 0 Å². The maximum absolute atomic E-state index is 4.61. The third-order valence-corrected chi connectivity index (χ3v) is 4.32. The highest BCUT2D eigenvalue weighted by Gasteiger charge is 2.09. The predicted octanol–water partition coefficient (Wildman–Crippen LogP) is 3.76. The highest BCUT2D eigenvalue weighted by Crippen LogP contribution is 2.23. The number of aromatic nitrogens is 5. The van der Waals surface area contributed by atoms with Crippen molar-refractivity contribution in [3.05, 3.63) is 59.6 Å². The zero-order chi connectivity index (χ0) is 18.1. The zero-order valence-electron chi connectivity index (χ0n) is 14.3. The summed E-state index contributed by atoms with van der Waals surface area (Å²) >= 11 is 3.49. The maximum atomic E-state index is 4.61. The number of nitrogens with one attached hydrogen (secondary N) is 1. The third-order valence-electron chi connectivity index (χ3n) is 3.85. The smallest absolute Gasteiger partial charge is 0.227 e. The standard InChI is InChI=1S/C18H16BrN7/c1-25(2)16-6-4-13(9-21-16)23-18-20-8-7-14(24-18)15-10-22-17-5-3-12(19)11-26(15)17/h3-11H,1-2H3,(H,20,23,24). The zero-order valence-corrected chi connectivity index (χ0v) is 15.8. The number of rotatable bonds is 4. The Labute approximate surface area is 158 Å². The van der Waals surface area contributed by atoms with Crippen molar-refractivity contribution in [1.82, 2.24) is 24.3 Å². The Bertz CT molecular complexity index is 1060. The van der Waals surface area contributed by atoms with E-state index in [9.17, 15) is 0 Å². The molecule has 4 aromatic rings. The van der Waals surface area contributed by atoms with E-state index in [1.54, 1.807) is 18.6 Å². The summed E-state index contributed by atoms with van der Waals surface area (Å²) in [4.78, 5) is 19.7. The van der Waals surface area contributed by atoms with Gasteiger partial charge in [0.15, 0.2) is 0 Å². The molecule has 0 radical (unpaired) electrons. The molecule has 0 saturated carbocycles. The van der Waals surface area contributed by atoms with Crippen LogP contribution < -0.4 is 10.2 Å². The second-order valence-electron chi connectivity index (χ2n) is 5.91. The molecule has 0 unspecified atom stereocenters. The largest absolute Gasteiger partial charge is 0.363 e. The first-order valence-corrected chi connectivity index (χ1v) is 8.76. The van der Waals surface area contributed by atoms with Gasteiger partial charge < -0.3 is 10.2 Å². The molecule has 130 valence electrons. The lowest BCUT2D eigenvalue weighted by Gasteiger charge is -2.11. The van der Waals surface area contributed by atoms with Crippen LogP contribution in [0.2, 0.25) is 0 Å². The summed E-state index contributed by atoms with van der Waals surface area (Å²) in [5, 5.41) is 3.19. The molecule has 4 rings (SSSR count). The fourth-order valence-electron chi connectivity index (χ4n) is 2.56. The molecule has 0 atom stereocenters. The molecule has 0 spiro atoms. The van der Waals surface area contributed by atoms with Gasteiger partial charge in [0.25, 0.3) is 0 Å². The molecule has 4 heterocycles. The van der Waals surface area contributed by atoms with Gasteiger partial charge in [0.05, 0.1) is 29.5 Å². The number of anilines is 3. The number of hydrogen-bond donors (Lipinski definition) is 1. The SMILES string of the molecule is CN(C)c1ccc(Nc2nccc(-c3cnc4ccc(Br)cn34)n2)cn1. The second kappa shape index (κ2) is 6.72. The van der Waals surface area contributed by atoms with Crippen LogP contribution in [0.1, 0.15) is 0 Å². The van der Waals surface area contributed by atoms with Crippen molar-refractivity contribution in [3.63, 3.8) is 0 Å². The monoisotopic (exact) mass is 409 g/mol. The molecule has 0 aliphatic carbocycles. The molecule has 0 aromatic carbocycles. The molecule has 0 aliphatic rings. The van der Waals surface area contributed by atoms with Crippen LogP contribution in [0.15, 0.2) is 59.6 Å². The van der Waals surface area contributed by atoms with Gasteiger partial charge in [0, 0.05) is 31.0 Å². The first kappa shape index (κ1) is 16.5. The van der Waals surface area contributed by atoms with Crippen molar-refractivity contribution in [3.8, 4) is 11.4 Å². The van der Waals surface area contributed by atoms with E-state index in [-0.39, 0.29) is 0 Å². The van der Waals surface area contributed by atoms with Crippen LogP contribution >= 0.6 is 15.9 Å². The van der Waals surface area contributed by atoms with Crippen molar-refractivity contribution >= 4 is 39.0 Å². The van der Waals surface area contributed by atoms with Crippen LogP contribution in [0.3, 0.4) is 0 Å². The first-order chi connectivity index (χ1) is 12.6. The van der Waals surface area contributed by atoms with E-state index in [2.05, 4.69) is 41.2 Å². The predicted molar refractivity (Wildman–Crippen MR) is 106 cm³/mol. The number of nitrogens with zero attached hydrogens (tertiary/aromatic N) is 6. The molecule has 0 aliphatic heterocycles. The van der Waals surface area contributed by atoms with Gasteiger partial charge in [-0.3, -0.25) is 4.40 Å². The van der Waals surface area contributed by atoms with Crippen molar-refractivity contribution in [2.45, 2.75) is 0 Å². The van der Waals surface area contributed by atoms with Gasteiger partial charge in [-0.2, -0.15) is 0 Å². The molecule has 0 saturated heterocycles. The number of imidazole rings is 1. The number of halogens is 1. The lowest BCUT2D eigenvalue weighted by molar-refractivity contribution is 1.07. The summed E-state index contributed by atoms with van der Waals surface area (Å²) in [6, 6.07) is 9.66. The molecule has 1 N–H and O–H groups in total. The van der Waals surface area contributed by atoms with E-state index in [0.717, 1.165) is 33.0 Å². The Kier molecular flexibility index (Phi) is 4.26. The average molecular weight is 410 g/mol. The topological polar surface area (TPSA) is 71.2 Å². The average Bonchev–Trinajstić information content (AvgIpc) is 3.05. The summed E-state index contributed by atoms with van der Waals surface area (Å²) in [6.07, 6.45) is 7.26. The van der Waals surface area contributed by atoms with E-state index in [1.807, 2.05) is 59.9 Å². The fraction of sp³-hybridized carbons (Fsp3) is 0.111. The molecule has 0 amide bonds. The number of pyridine rings is 2. The van der Waals surface area contributed by atoms with E-state index < -0.39 is 0 Å². The van der Waals surface area contributed by atoms with Gasteiger partial charge in [0.2, 0.25) is 5.95 Å². The third kappa shape index (κ3) is 3.23. The molecule has 0 bridgehead atoms. The lowest BCUT2D eigenvalue weighted by Crippen LogP contribution is -2.10. The van der Waals surface area contributed by atoms with Gasteiger partial charge in [-0.05, 0) is 46.3 Å². The summed E-state index contributed by atoms with van der Waals surface area (Å²) < 4.78 is 2.97. The quantitative estimate of drug-likeness (QED) is 0.553. The van der Waals surface area contributed by atoms with Crippen LogP contribution in [0.4, 0.5) is 17.5 Å². The molecule has 26 heavy (non-hydrogen) atoms. The van der Waals surface area contributed by atoms with Crippen LogP contribution in [-0.4, -0.2) is 38.4 Å². The number of hydrogen-bond acceptors (Lipinski definition) is 6. The van der Waals surface area contributed by atoms with Crippen LogP contribution in [0.5, 0.6) is 0 Å². The molecule has 4 aromatic heterocycles. The summed E-state index contributed by atoms with van der Waals surface area (Å²) in [7, 11) is 3.91. The van der Waals surface area contributed by atoms with Gasteiger partial charge in [-0.25, -0.2) is 19.9 Å². The Balaban J connectivity index is 1.65. The van der Waals surface area contributed by atoms with Crippen molar-refractivity contribution in [2.24, 2.45) is 0 Å². The van der Waals surface area contributed by atoms with Gasteiger partial charge >= 0.3 is 0 Å². The minimum Gasteiger partial charge on any atom is -0.363 e. The Morgan fingerprint density at radius 2 is 1.88 bits per heavy atom. The highest BCUT2D eigenvalue weighted by atomic mass is 79.9. The Morgan fingerprint density at radius 3 is 2.65 bits per heavy atom. The van der Waals surface area contributed by atoms with Gasteiger partial charge in [0.1, 0.15) is 11.5 Å². The minimum atomic E-state index is 0.506. The summed E-state index contributed by atoms with van der Waals surface area (Å²) in [6.45, 7) is 0. The van der Waals surface area contributed by atoms with E-state index in [4.69, 9.17) is 0 Å². The highest BCUT2D eigenvalue weighted by molar-refractivity contribution is 9.10. The second-order valence-corrected chi connectivity index (χ2v) is 6.82. The molecular weight excluding hydrogens is 394 g/mol. The molecule has 7 nitrogen and oxygen atoms in total. The van der Waals surface area contributed by atoms with Crippen LogP contribution in [-0.2, 0) is 0 Å². The van der Waals surface area contributed by atoms with Crippen molar-refractivity contribution < 1.29 is 0 Å². The lowest BCUT2D eigenvalue weighted by atomic mass is 10.3. The Hall–Kier alpha value is -3.00. The Morgan fingerprint density at radius 1 is 1.00 bits per heavy atom. The summed E-state index contributed by atoms with van der Waals surface area (Å²) in [5.74, 6) is 1.40. The first-order valence-electron chi connectivity index (χ1n) is 7.96. The van der Waals surface area contributed by atoms with Crippen LogP contribution in [0, 0.1) is 0 Å². The molecule has 0 fully saturated rings. The van der Waals surface area contributed by atoms with E-state index >= 15 is 0 Å². The maximum Gasteiger partial charge on any atom is 0.227 e. The van der Waals surface area contributed by atoms with Crippen molar-refractivity contribution in [2.75, 3.05) is 24.3 Å². The number of fused-ring (bicyclic) bond motifs is 1. The van der Waals surface area contributed by atoms with Gasteiger partial charge in [-0.15, -0.1) is 0 Å². The fourth-order valence-corrected chi connectivity index (χ4v) is 2.90. The summed E-state index contributed by atoms with van der Waals surface area (Å²) in [5.41, 5.74) is 3.37. The minimum absolute atomic E-state index is 0.506. The van der Waals surface area contributed by atoms with E-state index in [0.29, 0.717) is 5.95 Å². The normalized spacial score (nSPS) is 10.9. The molecular formula is C18H16BrN7. The molecule has 8 heteroatoms. The van der Waals surface area contributed by atoms with Crippen LogP contribution in [0.25, 0.3) is 17.0 Å².